The lowest BCUT2D eigenvalue weighted by molar-refractivity contribution is 0.763. The Morgan fingerprint density at radius 2 is 1.68 bits per heavy atom. The summed E-state index contributed by atoms with van der Waals surface area (Å²) < 4.78 is 0. The number of nitrogens with two attached hydrogens (primary N) is 1. The van der Waals surface area contributed by atoms with Crippen molar-refractivity contribution in [2.24, 2.45) is 5.73 Å². The lowest BCUT2D eigenvalue weighted by atomic mass is 9.99. The predicted molar refractivity (Wildman–Crippen MR) is 81.0 cm³/mol. The Balaban J connectivity index is 2.04. The van der Waals surface area contributed by atoms with Crippen LogP contribution in [0.15, 0.2) is 48.5 Å². The second-order valence-corrected chi connectivity index (χ2v) is 5.05. The smallest absolute Gasteiger partial charge is 0.0443 e. The molecule has 2 nitrogen and oxygen atoms in total. The van der Waals surface area contributed by atoms with Gasteiger partial charge in [0.25, 0.3) is 0 Å². The maximum Gasteiger partial charge on any atom is 0.0443 e. The summed E-state index contributed by atoms with van der Waals surface area (Å²) in [7, 11) is 0. The molecular weight excluding hydrogens is 232 g/mol. The minimum absolute atomic E-state index is 0.701. The average Bonchev–Trinajstić information content (AvgIpc) is 2.48. The zero-order valence-electron chi connectivity index (χ0n) is 11.2. The van der Waals surface area contributed by atoms with E-state index < -0.39 is 0 Å². The molecule has 2 aromatic rings. The summed E-state index contributed by atoms with van der Waals surface area (Å²) in [5.41, 5.74) is 11.2. The standard InChI is InChI=1S/C17H20N2/c18-12-11-15-7-2-4-10-17(15)19-13-5-8-14-6-1-3-9-16(14)19/h1-4,6-7,9-10H,5,8,11-13,18H2. The molecule has 0 bridgehead atoms. The lowest BCUT2D eigenvalue weighted by Gasteiger charge is -2.32. The van der Waals surface area contributed by atoms with E-state index in [2.05, 4.69) is 53.4 Å². The fourth-order valence-corrected chi connectivity index (χ4v) is 2.92. The van der Waals surface area contributed by atoms with Crippen molar-refractivity contribution < 1.29 is 0 Å². The van der Waals surface area contributed by atoms with Crippen LogP contribution in [0.5, 0.6) is 0 Å². The molecule has 0 saturated heterocycles. The highest BCUT2D eigenvalue weighted by atomic mass is 15.1. The van der Waals surface area contributed by atoms with Crippen molar-refractivity contribution in [3.8, 4) is 0 Å². The van der Waals surface area contributed by atoms with Crippen molar-refractivity contribution in [3.63, 3.8) is 0 Å². The number of aryl methyl sites for hydroxylation is 1. The fourth-order valence-electron chi connectivity index (χ4n) is 2.92. The molecule has 98 valence electrons. The summed E-state index contributed by atoms with van der Waals surface area (Å²) in [6, 6.07) is 17.4. The van der Waals surface area contributed by atoms with Crippen LogP contribution in [-0.4, -0.2) is 13.1 Å². The van der Waals surface area contributed by atoms with Crippen LogP contribution in [0, 0.1) is 0 Å². The molecule has 0 unspecified atom stereocenters. The van der Waals surface area contributed by atoms with E-state index in [9.17, 15) is 0 Å². The van der Waals surface area contributed by atoms with Crippen LogP contribution in [-0.2, 0) is 12.8 Å². The Morgan fingerprint density at radius 1 is 0.947 bits per heavy atom. The third kappa shape index (κ3) is 2.36. The van der Waals surface area contributed by atoms with Gasteiger partial charge in [-0.1, -0.05) is 36.4 Å². The summed E-state index contributed by atoms with van der Waals surface area (Å²) in [4.78, 5) is 2.45. The first kappa shape index (κ1) is 12.2. The first-order valence-electron chi connectivity index (χ1n) is 7.03. The second kappa shape index (κ2) is 5.45. The number of para-hydroxylation sites is 2. The van der Waals surface area contributed by atoms with Crippen LogP contribution in [0.4, 0.5) is 11.4 Å². The average molecular weight is 252 g/mol. The summed E-state index contributed by atoms with van der Waals surface area (Å²) in [6.45, 7) is 1.80. The number of hydrogen-bond donors (Lipinski definition) is 1. The third-order valence-corrected chi connectivity index (χ3v) is 3.81. The van der Waals surface area contributed by atoms with Crippen molar-refractivity contribution in [2.45, 2.75) is 19.3 Å². The van der Waals surface area contributed by atoms with Crippen molar-refractivity contribution >= 4 is 11.4 Å². The molecule has 1 aliphatic heterocycles. The maximum atomic E-state index is 5.74. The van der Waals surface area contributed by atoms with E-state index in [4.69, 9.17) is 5.73 Å². The zero-order chi connectivity index (χ0) is 13.1. The van der Waals surface area contributed by atoms with Crippen molar-refractivity contribution in [1.82, 2.24) is 0 Å². The molecule has 2 N–H and O–H groups in total. The lowest BCUT2D eigenvalue weighted by Crippen LogP contribution is -2.25. The highest BCUT2D eigenvalue weighted by Crippen LogP contribution is 2.35. The monoisotopic (exact) mass is 252 g/mol. The summed E-state index contributed by atoms with van der Waals surface area (Å²) in [5.74, 6) is 0. The highest BCUT2D eigenvalue weighted by Gasteiger charge is 2.19. The SMILES string of the molecule is NCCc1ccccc1N1CCCc2ccccc21. The van der Waals surface area contributed by atoms with Crippen molar-refractivity contribution in [2.75, 3.05) is 18.0 Å². The topological polar surface area (TPSA) is 29.3 Å². The molecule has 2 heteroatoms. The van der Waals surface area contributed by atoms with Gasteiger partial charge in [-0.05, 0) is 49.1 Å². The third-order valence-electron chi connectivity index (χ3n) is 3.81. The van der Waals surface area contributed by atoms with Gasteiger partial charge in [-0.2, -0.15) is 0 Å². The van der Waals surface area contributed by atoms with Gasteiger partial charge in [-0.3, -0.25) is 0 Å². The quantitative estimate of drug-likeness (QED) is 0.908. The fraction of sp³-hybridized carbons (Fsp3) is 0.294. The molecular formula is C17H20N2. The van der Waals surface area contributed by atoms with Crippen molar-refractivity contribution in [3.05, 3.63) is 59.7 Å². The van der Waals surface area contributed by atoms with E-state index in [1.54, 1.807) is 0 Å². The van der Waals surface area contributed by atoms with Gasteiger partial charge in [0.05, 0.1) is 0 Å². The molecule has 1 aliphatic rings. The molecule has 0 saturated carbocycles. The van der Waals surface area contributed by atoms with Crippen LogP contribution in [0.25, 0.3) is 0 Å². The minimum atomic E-state index is 0.701. The molecule has 0 aliphatic carbocycles. The van der Waals surface area contributed by atoms with Gasteiger partial charge in [0.2, 0.25) is 0 Å². The molecule has 3 rings (SSSR count). The van der Waals surface area contributed by atoms with E-state index in [0.29, 0.717) is 6.54 Å². The Morgan fingerprint density at radius 3 is 2.53 bits per heavy atom. The van der Waals surface area contributed by atoms with Crippen LogP contribution >= 0.6 is 0 Å². The van der Waals surface area contributed by atoms with Gasteiger partial charge in [0.15, 0.2) is 0 Å². The van der Waals surface area contributed by atoms with Crippen LogP contribution < -0.4 is 10.6 Å². The molecule has 19 heavy (non-hydrogen) atoms. The van der Waals surface area contributed by atoms with E-state index in [-0.39, 0.29) is 0 Å². The number of anilines is 2. The van der Waals surface area contributed by atoms with Gasteiger partial charge < -0.3 is 10.6 Å². The van der Waals surface area contributed by atoms with E-state index in [1.807, 2.05) is 0 Å². The summed E-state index contributed by atoms with van der Waals surface area (Å²) >= 11 is 0. The van der Waals surface area contributed by atoms with Crippen LogP contribution in [0.1, 0.15) is 17.5 Å². The zero-order valence-corrected chi connectivity index (χ0v) is 11.2. The number of hydrogen-bond acceptors (Lipinski definition) is 2. The first-order chi connectivity index (χ1) is 9.40. The Bertz CT molecular complexity index is 563. The van der Waals surface area contributed by atoms with E-state index in [0.717, 1.165) is 13.0 Å². The van der Waals surface area contributed by atoms with Gasteiger partial charge in [0.1, 0.15) is 0 Å². The van der Waals surface area contributed by atoms with E-state index in [1.165, 1.54) is 35.3 Å². The Labute approximate surface area is 114 Å². The number of nitrogens with zero attached hydrogens (tertiary/aromatic N) is 1. The van der Waals surface area contributed by atoms with Gasteiger partial charge in [0, 0.05) is 17.9 Å². The van der Waals surface area contributed by atoms with Gasteiger partial charge in [-0.25, -0.2) is 0 Å². The molecule has 2 aromatic carbocycles. The second-order valence-electron chi connectivity index (χ2n) is 5.05. The van der Waals surface area contributed by atoms with E-state index >= 15 is 0 Å². The minimum Gasteiger partial charge on any atom is -0.341 e. The number of rotatable bonds is 3. The van der Waals surface area contributed by atoms with Crippen LogP contribution in [0.3, 0.4) is 0 Å². The van der Waals surface area contributed by atoms with Crippen LogP contribution in [0.2, 0.25) is 0 Å². The van der Waals surface area contributed by atoms with Crippen molar-refractivity contribution in [1.29, 1.82) is 0 Å². The number of benzene rings is 2. The maximum absolute atomic E-state index is 5.74. The largest absolute Gasteiger partial charge is 0.341 e. The Hall–Kier alpha value is -1.80. The number of fused-ring (bicyclic) bond motifs is 1. The molecule has 0 aromatic heterocycles. The predicted octanol–water partition coefficient (Wildman–Crippen LogP) is 3.27. The first-order valence-corrected chi connectivity index (χ1v) is 7.03. The molecule has 0 fully saturated rings. The Kier molecular flexibility index (Phi) is 3.51. The molecule has 1 heterocycles. The van der Waals surface area contributed by atoms with Gasteiger partial charge >= 0.3 is 0 Å². The molecule has 0 radical (unpaired) electrons. The highest BCUT2D eigenvalue weighted by molar-refractivity contribution is 5.70. The normalized spacial score (nSPS) is 14.3. The summed E-state index contributed by atoms with van der Waals surface area (Å²) in [6.07, 6.45) is 3.34. The molecule has 0 amide bonds. The summed E-state index contributed by atoms with van der Waals surface area (Å²) in [5, 5.41) is 0. The van der Waals surface area contributed by atoms with Gasteiger partial charge in [-0.15, -0.1) is 0 Å². The molecule has 0 atom stereocenters. The molecule has 0 spiro atoms.